The lowest BCUT2D eigenvalue weighted by atomic mass is 10.0. The Morgan fingerprint density at radius 2 is 1.94 bits per heavy atom. The summed E-state index contributed by atoms with van der Waals surface area (Å²) in [6, 6.07) is 7.67. The summed E-state index contributed by atoms with van der Waals surface area (Å²) < 4.78 is 7.75. The number of fused-ring (bicyclic) bond motifs is 2. The van der Waals surface area contributed by atoms with Gasteiger partial charge in [0.25, 0.3) is 0 Å². The summed E-state index contributed by atoms with van der Waals surface area (Å²) in [6.45, 7) is 5.06. The van der Waals surface area contributed by atoms with Crippen LogP contribution in [0.5, 0.6) is 11.6 Å². The van der Waals surface area contributed by atoms with E-state index in [4.69, 9.17) is 10.5 Å². The molecule has 2 fully saturated rings. The number of nitrogens with two attached hydrogens (primary N) is 1. The Balaban J connectivity index is 1.34. The van der Waals surface area contributed by atoms with Crippen LogP contribution < -0.4 is 10.5 Å². The Morgan fingerprint density at radius 1 is 1.17 bits per heavy atom. The molecule has 1 unspecified atom stereocenters. The van der Waals surface area contributed by atoms with E-state index in [1.165, 1.54) is 12.4 Å². The van der Waals surface area contributed by atoms with Crippen molar-refractivity contribution in [1.29, 1.82) is 0 Å². The molecule has 0 spiro atoms. The fourth-order valence-corrected chi connectivity index (χ4v) is 5.05. The van der Waals surface area contributed by atoms with Gasteiger partial charge >= 0.3 is 0 Å². The minimum atomic E-state index is -0.00864. The molecule has 3 atom stereocenters. The van der Waals surface area contributed by atoms with Gasteiger partial charge in [0, 0.05) is 44.0 Å². The molecule has 178 valence electrons. The maximum Gasteiger partial charge on any atom is 0.245 e. The number of carbonyl (C=O) groups is 1. The van der Waals surface area contributed by atoms with Gasteiger partial charge < -0.3 is 19.9 Å². The van der Waals surface area contributed by atoms with Gasteiger partial charge in [-0.2, -0.15) is 0 Å². The second kappa shape index (κ2) is 8.50. The molecule has 0 radical (unpaired) electrons. The molecule has 2 aliphatic rings. The minimum Gasteiger partial charge on any atom is -0.438 e. The van der Waals surface area contributed by atoms with Gasteiger partial charge in [-0.05, 0) is 41.5 Å². The van der Waals surface area contributed by atoms with E-state index in [1.807, 2.05) is 40.8 Å². The van der Waals surface area contributed by atoms with Crippen LogP contribution in [0, 0.1) is 29.6 Å². The monoisotopic (exact) mass is 477 g/mol. The van der Waals surface area contributed by atoms with Gasteiger partial charge in [0.1, 0.15) is 29.2 Å². The number of benzene rings is 1. The van der Waals surface area contributed by atoms with Gasteiger partial charge in [-0.15, -0.1) is 0 Å². The molecule has 1 aliphatic heterocycles. The maximum atomic E-state index is 11.9. The molecular formula is C27H23N7O2. The van der Waals surface area contributed by atoms with Crippen LogP contribution in [0.25, 0.3) is 22.2 Å². The lowest BCUT2D eigenvalue weighted by Crippen LogP contribution is -2.29. The van der Waals surface area contributed by atoms with Crippen molar-refractivity contribution in [3.8, 4) is 34.6 Å². The SMILES string of the molecule is C=CC(=O)N1C[C@@H]2C(C#Cc3c(-c4ccc(Oc5cnccn5)cc4)c4c(N)ncnc4n3C)[C@@H]2C1. The topological polar surface area (TPSA) is 112 Å². The zero-order valence-corrected chi connectivity index (χ0v) is 19.6. The number of piperidine rings is 1. The Hall–Kier alpha value is -4.71. The molecular weight excluding hydrogens is 454 g/mol. The second-order valence-electron chi connectivity index (χ2n) is 8.98. The molecule has 9 nitrogen and oxygen atoms in total. The zero-order valence-electron chi connectivity index (χ0n) is 19.6. The molecule has 1 amide bonds. The Kier molecular flexibility index (Phi) is 5.15. The van der Waals surface area contributed by atoms with Gasteiger partial charge in [-0.25, -0.2) is 15.0 Å². The van der Waals surface area contributed by atoms with E-state index in [9.17, 15) is 4.79 Å². The third kappa shape index (κ3) is 3.64. The van der Waals surface area contributed by atoms with Crippen LogP contribution in [-0.4, -0.2) is 48.4 Å². The summed E-state index contributed by atoms with van der Waals surface area (Å²) in [6.07, 6.45) is 7.58. The number of hydrogen-bond donors (Lipinski definition) is 1. The highest BCUT2D eigenvalue weighted by Gasteiger charge is 2.55. The Bertz CT molecular complexity index is 1540. The van der Waals surface area contributed by atoms with Crippen LogP contribution in [-0.2, 0) is 11.8 Å². The quantitative estimate of drug-likeness (QED) is 0.355. The van der Waals surface area contributed by atoms with Gasteiger partial charge in [0.15, 0.2) is 0 Å². The molecule has 9 heteroatoms. The number of rotatable bonds is 4. The third-order valence-electron chi connectivity index (χ3n) is 6.94. The van der Waals surface area contributed by atoms with E-state index in [0.29, 0.717) is 29.3 Å². The summed E-state index contributed by atoms with van der Waals surface area (Å²) >= 11 is 0. The second-order valence-corrected chi connectivity index (χ2v) is 8.98. The van der Waals surface area contributed by atoms with Gasteiger partial charge in [0.05, 0.1) is 11.6 Å². The first-order valence-electron chi connectivity index (χ1n) is 11.6. The van der Waals surface area contributed by atoms with E-state index >= 15 is 0 Å². The number of aryl methyl sites for hydroxylation is 1. The van der Waals surface area contributed by atoms with E-state index < -0.39 is 0 Å². The first-order chi connectivity index (χ1) is 17.5. The first-order valence-corrected chi connectivity index (χ1v) is 11.6. The van der Waals surface area contributed by atoms with Crippen molar-refractivity contribution in [2.24, 2.45) is 24.8 Å². The Labute approximate surface area is 207 Å². The largest absolute Gasteiger partial charge is 0.438 e. The van der Waals surface area contributed by atoms with Crippen LogP contribution in [0.3, 0.4) is 0 Å². The number of amides is 1. The highest BCUT2D eigenvalue weighted by atomic mass is 16.5. The summed E-state index contributed by atoms with van der Waals surface area (Å²) in [7, 11) is 1.94. The highest BCUT2D eigenvalue weighted by molar-refractivity contribution is 6.03. The highest BCUT2D eigenvalue weighted by Crippen LogP contribution is 2.51. The van der Waals surface area contributed by atoms with Gasteiger partial charge in [-0.1, -0.05) is 24.6 Å². The molecule has 1 aliphatic carbocycles. The average Bonchev–Trinajstić information content (AvgIpc) is 3.21. The molecule has 6 rings (SSSR count). The predicted octanol–water partition coefficient (Wildman–Crippen LogP) is 3.04. The number of ether oxygens (including phenoxy) is 1. The fraction of sp³-hybridized carbons (Fsp3) is 0.222. The number of aromatic nitrogens is 5. The lowest BCUT2D eigenvalue weighted by Gasteiger charge is -2.16. The summed E-state index contributed by atoms with van der Waals surface area (Å²) in [5, 5.41) is 0.769. The van der Waals surface area contributed by atoms with Crippen molar-refractivity contribution in [3.63, 3.8) is 0 Å². The van der Waals surface area contributed by atoms with Crippen molar-refractivity contribution in [1.82, 2.24) is 29.4 Å². The van der Waals surface area contributed by atoms with Crippen LogP contribution >= 0.6 is 0 Å². The normalized spacial score (nSPS) is 19.9. The predicted molar refractivity (Wildman–Crippen MR) is 135 cm³/mol. The van der Waals surface area contributed by atoms with Crippen molar-refractivity contribution in [2.45, 2.75) is 0 Å². The van der Waals surface area contributed by atoms with Crippen LogP contribution in [0.15, 0.2) is 61.8 Å². The van der Waals surface area contributed by atoms with E-state index in [1.54, 1.807) is 18.6 Å². The first kappa shape index (κ1) is 21.8. The van der Waals surface area contributed by atoms with Crippen molar-refractivity contribution >= 4 is 22.8 Å². The molecule has 36 heavy (non-hydrogen) atoms. The standard InChI is InChI=1S/C27H23N7O2/c1-3-23(35)34-13-19-18(20(19)14-34)8-9-21-24(25-26(28)31-15-32-27(25)33(21)2)16-4-6-17(7-5-16)36-22-12-29-10-11-30-22/h3-7,10-12,15,18-20H,1,13-14H2,2H3,(H2,28,31,32)/t18?,19-,20+. The summed E-state index contributed by atoms with van der Waals surface area (Å²) in [5.41, 5.74) is 9.67. The zero-order chi connectivity index (χ0) is 24.8. The molecule has 0 bridgehead atoms. The number of hydrogen-bond acceptors (Lipinski definition) is 7. The molecule has 4 aromatic rings. The maximum absolute atomic E-state index is 11.9. The van der Waals surface area contributed by atoms with E-state index in [0.717, 1.165) is 40.9 Å². The summed E-state index contributed by atoms with van der Waals surface area (Å²) in [4.78, 5) is 30.6. The molecule has 4 heterocycles. The van der Waals surface area contributed by atoms with E-state index in [-0.39, 0.29) is 11.8 Å². The average molecular weight is 478 g/mol. The van der Waals surface area contributed by atoms with Crippen molar-refractivity contribution < 1.29 is 9.53 Å². The smallest absolute Gasteiger partial charge is 0.245 e. The minimum absolute atomic E-state index is 0.00864. The van der Waals surface area contributed by atoms with Crippen LogP contribution in [0.4, 0.5) is 5.82 Å². The number of likely N-dealkylation sites (tertiary alicyclic amines) is 1. The molecule has 1 saturated heterocycles. The fourth-order valence-electron chi connectivity index (χ4n) is 5.05. The molecule has 1 aromatic carbocycles. The van der Waals surface area contributed by atoms with Crippen molar-refractivity contribution in [2.75, 3.05) is 18.8 Å². The third-order valence-corrected chi connectivity index (χ3v) is 6.94. The molecule has 2 N–H and O–H groups in total. The summed E-state index contributed by atoms with van der Waals surface area (Å²) in [5.74, 6) is 9.44. The van der Waals surface area contributed by atoms with Crippen LogP contribution in [0.2, 0.25) is 0 Å². The van der Waals surface area contributed by atoms with Crippen LogP contribution in [0.1, 0.15) is 5.69 Å². The number of anilines is 1. The van der Waals surface area contributed by atoms with E-state index in [2.05, 4.69) is 38.4 Å². The molecule has 1 saturated carbocycles. The molecule has 3 aromatic heterocycles. The Morgan fingerprint density at radius 3 is 2.64 bits per heavy atom. The number of nitrogens with zero attached hydrogens (tertiary/aromatic N) is 6. The number of nitrogen functional groups attached to an aromatic ring is 1. The van der Waals surface area contributed by atoms with Crippen molar-refractivity contribution in [3.05, 3.63) is 67.5 Å². The van der Waals surface area contributed by atoms with Gasteiger partial charge in [-0.3, -0.25) is 9.78 Å². The van der Waals surface area contributed by atoms with Gasteiger partial charge in [0.2, 0.25) is 11.8 Å². The number of carbonyl (C=O) groups excluding carboxylic acids is 1. The lowest BCUT2D eigenvalue weighted by molar-refractivity contribution is -0.125.